The topological polar surface area (TPSA) is 67.8 Å². The van der Waals surface area contributed by atoms with E-state index in [2.05, 4.69) is 21.1 Å². The van der Waals surface area contributed by atoms with Crippen molar-refractivity contribution in [1.82, 2.24) is 0 Å². The first-order chi connectivity index (χ1) is 9.51. The van der Waals surface area contributed by atoms with Crippen LogP contribution in [-0.4, -0.2) is 11.0 Å². The lowest BCUT2D eigenvalue weighted by atomic mass is 10.2. The Kier molecular flexibility index (Phi) is 4.19. The van der Waals surface area contributed by atoms with E-state index < -0.39 is 11.6 Å². The molecule has 20 heavy (non-hydrogen) atoms. The predicted molar refractivity (Wildman–Crippen MR) is 73.1 cm³/mol. The molecule has 0 bridgehead atoms. The maximum atomic E-state index is 13.5. The summed E-state index contributed by atoms with van der Waals surface area (Å²) in [7, 11) is 0. The fraction of sp³-hybridized carbons (Fsp3) is 0. The fourth-order valence-corrected chi connectivity index (χ4v) is 1.93. The van der Waals surface area contributed by atoms with Crippen molar-refractivity contribution in [2.75, 3.05) is 0 Å². The van der Waals surface area contributed by atoms with Crippen LogP contribution < -0.4 is 10.5 Å². The van der Waals surface area contributed by atoms with Gasteiger partial charge in [-0.1, -0.05) is 5.16 Å². The summed E-state index contributed by atoms with van der Waals surface area (Å²) in [6, 6.07) is 7.46. The van der Waals surface area contributed by atoms with Crippen LogP contribution in [0.1, 0.15) is 5.56 Å². The van der Waals surface area contributed by atoms with E-state index in [4.69, 9.17) is 15.7 Å². The second-order valence-corrected chi connectivity index (χ2v) is 4.66. The molecule has 2 aromatic carbocycles. The van der Waals surface area contributed by atoms with E-state index in [0.717, 1.165) is 18.2 Å². The average Bonchev–Trinajstić information content (AvgIpc) is 2.44. The second-order valence-electron chi connectivity index (χ2n) is 3.81. The first-order valence-electron chi connectivity index (χ1n) is 5.41. The number of nitrogens with two attached hydrogens (primary N) is 1. The highest BCUT2D eigenvalue weighted by Gasteiger charge is 2.10. The molecule has 4 nitrogen and oxygen atoms in total. The number of halogens is 3. The quantitative estimate of drug-likeness (QED) is 0.387. The molecule has 0 unspecified atom stereocenters. The fourth-order valence-electron chi connectivity index (χ4n) is 1.47. The van der Waals surface area contributed by atoms with E-state index in [1.54, 1.807) is 0 Å². The summed E-state index contributed by atoms with van der Waals surface area (Å²) in [4.78, 5) is 0. The van der Waals surface area contributed by atoms with Gasteiger partial charge < -0.3 is 15.7 Å². The number of ether oxygens (including phenoxy) is 1. The van der Waals surface area contributed by atoms with Gasteiger partial charge in [0.05, 0.1) is 4.47 Å². The monoisotopic (exact) mass is 342 g/mol. The van der Waals surface area contributed by atoms with Crippen LogP contribution >= 0.6 is 15.9 Å². The van der Waals surface area contributed by atoms with E-state index in [-0.39, 0.29) is 17.3 Å². The molecular weight excluding hydrogens is 334 g/mol. The van der Waals surface area contributed by atoms with Crippen molar-refractivity contribution >= 4 is 21.8 Å². The Bertz CT molecular complexity index is 677. The SMILES string of the molecule is N/C(=N/O)c1ccc(Oc2cc(F)ccc2F)c(Br)c1. The van der Waals surface area contributed by atoms with Gasteiger partial charge in [-0.25, -0.2) is 8.78 Å². The number of amidine groups is 1. The molecule has 3 N–H and O–H groups in total. The Labute approximate surface area is 121 Å². The van der Waals surface area contributed by atoms with Crippen molar-refractivity contribution in [1.29, 1.82) is 0 Å². The van der Waals surface area contributed by atoms with E-state index in [9.17, 15) is 8.78 Å². The van der Waals surface area contributed by atoms with E-state index in [1.165, 1.54) is 18.2 Å². The molecule has 0 aliphatic heterocycles. The van der Waals surface area contributed by atoms with E-state index >= 15 is 0 Å². The molecule has 2 aromatic rings. The second kappa shape index (κ2) is 5.87. The van der Waals surface area contributed by atoms with Crippen molar-refractivity contribution in [2.24, 2.45) is 10.9 Å². The zero-order valence-corrected chi connectivity index (χ0v) is 11.6. The van der Waals surface area contributed by atoms with Gasteiger partial charge in [0.15, 0.2) is 17.4 Å². The third-order valence-electron chi connectivity index (χ3n) is 2.45. The predicted octanol–water partition coefficient (Wildman–Crippen LogP) is 3.61. The van der Waals surface area contributed by atoms with Gasteiger partial charge in [0, 0.05) is 11.6 Å². The lowest BCUT2D eigenvalue weighted by molar-refractivity contribution is 0.318. The lowest BCUT2D eigenvalue weighted by Crippen LogP contribution is -2.12. The van der Waals surface area contributed by atoms with Crippen LogP contribution in [0.2, 0.25) is 0 Å². The standard InChI is InChI=1S/C13H9BrF2N2O2/c14-9-5-7(13(17)18-19)1-4-11(9)20-12-6-8(15)2-3-10(12)16/h1-6,19H,(H2,17,18). The van der Waals surface area contributed by atoms with Crippen molar-refractivity contribution in [2.45, 2.75) is 0 Å². The number of hydrogen-bond donors (Lipinski definition) is 2. The highest BCUT2D eigenvalue weighted by molar-refractivity contribution is 9.10. The first kappa shape index (κ1) is 14.3. The molecule has 0 atom stereocenters. The van der Waals surface area contributed by atoms with Crippen molar-refractivity contribution < 1.29 is 18.7 Å². The zero-order valence-electron chi connectivity index (χ0n) is 9.98. The Morgan fingerprint density at radius 1 is 1.15 bits per heavy atom. The molecular formula is C13H9BrF2N2O2. The van der Waals surface area contributed by atoms with Crippen molar-refractivity contribution in [3.8, 4) is 11.5 Å². The zero-order chi connectivity index (χ0) is 14.7. The normalized spacial score (nSPS) is 11.4. The summed E-state index contributed by atoms with van der Waals surface area (Å²) in [5.41, 5.74) is 5.89. The minimum absolute atomic E-state index is 0.0748. The summed E-state index contributed by atoms with van der Waals surface area (Å²) in [6.45, 7) is 0. The van der Waals surface area contributed by atoms with Crippen molar-refractivity contribution in [3.63, 3.8) is 0 Å². The van der Waals surface area contributed by atoms with Crippen LogP contribution in [0, 0.1) is 11.6 Å². The van der Waals surface area contributed by atoms with Crippen LogP contribution in [-0.2, 0) is 0 Å². The Balaban J connectivity index is 2.33. The Hall–Kier alpha value is -2.15. The summed E-state index contributed by atoms with van der Waals surface area (Å²) in [5, 5.41) is 11.4. The molecule has 0 heterocycles. The van der Waals surface area contributed by atoms with Gasteiger partial charge in [0.2, 0.25) is 0 Å². The Morgan fingerprint density at radius 3 is 2.55 bits per heavy atom. The average molecular weight is 343 g/mol. The van der Waals surface area contributed by atoms with Crippen LogP contribution in [0.5, 0.6) is 11.5 Å². The van der Waals surface area contributed by atoms with Gasteiger partial charge in [-0.3, -0.25) is 0 Å². The van der Waals surface area contributed by atoms with Gasteiger partial charge in [0.1, 0.15) is 11.6 Å². The van der Waals surface area contributed by atoms with Crippen LogP contribution in [0.25, 0.3) is 0 Å². The lowest BCUT2D eigenvalue weighted by Gasteiger charge is -2.09. The molecule has 0 saturated carbocycles. The van der Waals surface area contributed by atoms with Gasteiger partial charge in [0.25, 0.3) is 0 Å². The molecule has 0 fully saturated rings. The Morgan fingerprint density at radius 2 is 1.90 bits per heavy atom. The smallest absolute Gasteiger partial charge is 0.170 e. The summed E-state index contributed by atoms with van der Waals surface area (Å²) in [6.07, 6.45) is 0. The van der Waals surface area contributed by atoms with Crippen molar-refractivity contribution in [3.05, 3.63) is 58.1 Å². The van der Waals surface area contributed by atoms with E-state index in [1.807, 2.05) is 0 Å². The van der Waals surface area contributed by atoms with Gasteiger partial charge in [-0.2, -0.15) is 0 Å². The summed E-state index contributed by atoms with van der Waals surface area (Å²) >= 11 is 3.21. The van der Waals surface area contributed by atoms with Crippen LogP contribution in [0.4, 0.5) is 8.78 Å². The molecule has 104 valence electrons. The van der Waals surface area contributed by atoms with Gasteiger partial charge >= 0.3 is 0 Å². The number of hydrogen-bond acceptors (Lipinski definition) is 3. The highest BCUT2D eigenvalue weighted by Crippen LogP contribution is 2.32. The molecule has 7 heteroatoms. The molecule has 0 aliphatic carbocycles. The molecule has 0 amide bonds. The number of rotatable bonds is 3. The largest absolute Gasteiger partial charge is 0.453 e. The maximum Gasteiger partial charge on any atom is 0.170 e. The maximum absolute atomic E-state index is 13.5. The molecule has 0 radical (unpaired) electrons. The molecule has 0 saturated heterocycles. The minimum Gasteiger partial charge on any atom is -0.453 e. The van der Waals surface area contributed by atoms with E-state index in [0.29, 0.717) is 10.0 Å². The number of benzene rings is 2. The van der Waals surface area contributed by atoms with Gasteiger partial charge in [-0.05, 0) is 46.3 Å². The van der Waals surface area contributed by atoms with Crippen LogP contribution in [0.15, 0.2) is 46.0 Å². The molecule has 2 rings (SSSR count). The number of oxime groups is 1. The minimum atomic E-state index is -0.682. The third kappa shape index (κ3) is 3.05. The first-order valence-corrected chi connectivity index (χ1v) is 6.21. The summed E-state index contributed by atoms with van der Waals surface area (Å²) in [5.74, 6) is -1.33. The van der Waals surface area contributed by atoms with Crippen LogP contribution in [0.3, 0.4) is 0 Å². The third-order valence-corrected chi connectivity index (χ3v) is 3.07. The molecule has 0 spiro atoms. The molecule has 0 aliphatic rings. The molecule has 0 aromatic heterocycles. The highest BCUT2D eigenvalue weighted by atomic mass is 79.9. The number of nitrogens with zero attached hydrogens (tertiary/aromatic N) is 1. The van der Waals surface area contributed by atoms with Gasteiger partial charge in [-0.15, -0.1) is 0 Å². The summed E-state index contributed by atoms with van der Waals surface area (Å²) < 4.78 is 32.3.